The van der Waals surface area contributed by atoms with Gasteiger partial charge in [-0.1, -0.05) is 29.8 Å². The lowest BCUT2D eigenvalue weighted by Crippen LogP contribution is -2.40. The van der Waals surface area contributed by atoms with Crippen LogP contribution in [0.2, 0.25) is 5.02 Å². The van der Waals surface area contributed by atoms with Gasteiger partial charge in [0.05, 0.1) is 35.0 Å². The van der Waals surface area contributed by atoms with E-state index in [1.54, 1.807) is 22.9 Å². The Kier molecular flexibility index (Phi) is 4.81. The maximum absolute atomic E-state index is 13.1. The van der Waals surface area contributed by atoms with Crippen LogP contribution in [0.4, 0.5) is 0 Å². The Morgan fingerprint density at radius 1 is 1.26 bits per heavy atom. The Morgan fingerprint density at radius 2 is 2.03 bits per heavy atom. The summed E-state index contributed by atoms with van der Waals surface area (Å²) in [4.78, 5) is 34.0. The maximum Gasteiger partial charge on any atom is 0.276 e. The molecule has 0 radical (unpaired) electrons. The Labute approximate surface area is 184 Å². The molecule has 0 N–H and O–H groups in total. The van der Waals surface area contributed by atoms with Gasteiger partial charge in [-0.15, -0.1) is 0 Å². The first kappa shape index (κ1) is 19.8. The molecule has 31 heavy (non-hydrogen) atoms. The van der Waals surface area contributed by atoms with Crippen LogP contribution in [0.3, 0.4) is 0 Å². The van der Waals surface area contributed by atoms with Gasteiger partial charge in [0.2, 0.25) is 11.8 Å². The lowest BCUT2D eigenvalue weighted by atomic mass is 10.1. The predicted octanol–water partition coefficient (Wildman–Crippen LogP) is 3.05. The van der Waals surface area contributed by atoms with Gasteiger partial charge >= 0.3 is 0 Å². The summed E-state index contributed by atoms with van der Waals surface area (Å²) in [6.07, 6.45) is 2.61. The van der Waals surface area contributed by atoms with E-state index < -0.39 is 0 Å². The molecule has 2 aliphatic rings. The zero-order valence-corrected chi connectivity index (χ0v) is 18.0. The fraction of sp³-hybridized carbons (Fsp3) is 0.364. The fourth-order valence-electron chi connectivity index (χ4n) is 4.51. The standard InChI is InChI=1S/C22H22ClN5O3/c1-13-19(23)20(25-26(13)2)22(30)27-9-8-16-17(27)10-18(29)28(16)11-15-12-31-21(24-15)14-6-4-3-5-7-14/h3-7,12,16-17H,8-11H2,1-2H3/t16-,17-/m0/s1. The molecule has 0 bridgehead atoms. The van der Waals surface area contributed by atoms with Crippen LogP contribution in [0, 0.1) is 6.92 Å². The molecule has 4 heterocycles. The molecule has 0 unspecified atom stereocenters. The van der Waals surface area contributed by atoms with E-state index in [0.717, 1.165) is 17.7 Å². The smallest absolute Gasteiger partial charge is 0.276 e. The van der Waals surface area contributed by atoms with Crippen LogP contribution in [-0.2, 0) is 18.4 Å². The molecule has 2 aliphatic heterocycles. The second-order valence-electron chi connectivity index (χ2n) is 8.03. The topological polar surface area (TPSA) is 84.5 Å². The fourth-order valence-corrected chi connectivity index (χ4v) is 4.75. The van der Waals surface area contributed by atoms with E-state index in [0.29, 0.717) is 36.1 Å². The van der Waals surface area contributed by atoms with E-state index >= 15 is 0 Å². The minimum atomic E-state index is -0.219. The van der Waals surface area contributed by atoms with E-state index in [4.69, 9.17) is 16.0 Å². The van der Waals surface area contributed by atoms with Gasteiger partial charge in [0, 0.05) is 25.6 Å². The highest BCUT2D eigenvalue weighted by atomic mass is 35.5. The maximum atomic E-state index is 13.1. The molecule has 1 aromatic carbocycles. The number of carbonyl (C=O) groups is 2. The number of hydrogen-bond donors (Lipinski definition) is 0. The van der Waals surface area contributed by atoms with E-state index in [2.05, 4.69) is 10.1 Å². The molecule has 2 atom stereocenters. The molecular weight excluding hydrogens is 418 g/mol. The van der Waals surface area contributed by atoms with Crippen molar-refractivity contribution in [3.8, 4) is 11.5 Å². The summed E-state index contributed by atoms with van der Waals surface area (Å²) in [7, 11) is 1.76. The van der Waals surface area contributed by atoms with E-state index in [-0.39, 0.29) is 29.6 Å². The first-order valence-electron chi connectivity index (χ1n) is 10.2. The molecule has 2 amide bonds. The van der Waals surface area contributed by atoms with Crippen molar-refractivity contribution in [1.29, 1.82) is 0 Å². The molecular formula is C22H22ClN5O3. The first-order chi connectivity index (χ1) is 14.9. The van der Waals surface area contributed by atoms with Crippen molar-refractivity contribution in [2.24, 2.45) is 7.05 Å². The number of hydrogen-bond acceptors (Lipinski definition) is 5. The van der Waals surface area contributed by atoms with Crippen LogP contribution in [0.1, 0.15) is 34.7 Å². The minimum absolute atomic E-state index is 0.0139. The van der Waals surface area contributed by atoms with Crippen LogP contribution in [0.15, 0.2) is 41.0 Å². The molecule has 3 aromatic rings. The van der Waals surface area contributed by atoms with Crippen LogP contribution >= 0.6 is 11.6 Å². The van der Waals surface area contributed by atoms with Gasteiger partial charge in [-0.05, 0) is 25.5 Å². The average molecular weight is 440 g/mol. The van der Waals surface area contributed by atoms with Gasteiger partial charge in [-0.3, -0.25) is 14.3 Å². The SMILES string of the molecule is Cc1c(Cl)c(C(=O)N2CC[C@H]3[C@@H]2CC(=O)N3Cc2coc(-c3ccccc3)n2)nn1C. The molecule has 2 saturated heterocycles. The number of aromatic nitrogens is 3. The van der Waals surface area contributed by atoms with Gasteiger partial charge in [0.15, 0.2) is 5.69 Å². The summed E-state index contributed by atoms with van der Waals surface area (Å²) in [6.45, 7) is 2.75. The molecule has 9 heteroatoms. The van der Waals surface area contributed by atoms with E-state index in [1.807, 2.05) is 42.2 Å². The monoisotopic (exact) mass is 439 g/mol. The number of likely N-dealkylation sites (tertiary alicyclic amines) is 2. The predicted molar refractivity (Wildman–Crippen MR) is 113 cm³/mol. The quantitative estimate of drug-likeness (QED) is 0.623. The van der Waals surface area contributed by atoms with Crippen LogP contribution in [-0.4, -0.2) is 55.0 Å². The lowest BCUT2D eigenvalue weighted by Gasteiger charge is -2.24. The van der Waals surface area contributed by atoms with Gasteiger partial charge in [-0.25, -0.2) is 4.98 Å². The van der Waals surface area contributed by atoms with E-state index in [1.165, 1.54) is 0 Å². The zero-order chi connectivity index (χ0) is 21.7. The van der Waals surface area contributed by atoms with Gasteiger partial charge < -0.3 is 14.2 Å². The van der Waals surface area contributed by atoms with Crippen molar-refractivity contribution >= 4 is 23.4 Å². The highest BCUT2D eigenvalue weighted by Gasteiger charge is 2.49. The van der Waals surface area contributed by atoms with Crippen molar-refractivity contribution in [2.75, 3.05) is 6.54 Å². The van der Waals surface area contributed by atoms with Gasteiger partial charge in [0.25, 0.3) is 5.91 Å². The summed E-state index contributed by atoms with van der Waals surface area (Å²) < 4.78 is 7.21. The lowest BCUT2D eigenvalue weighted by molar-refractivity contribution is -0.129. The third kappa shape index (κ3) is 3.31. The normalized spacial score (nSPS) is 20.5. The number of carbonyl (C=O) groups excluding carboxylic acids is 2. The van der Waals surface area contributed by atoms with Crippen molar-refractivity contribution in [3.05, 3.63) is 58.7 Å². The third-order valence-corrected chi connectivity index (χ3v) is 6.70. The summed E-state index contributed by atoms with van der Waals surface area (Å²) in [5, 5.41) is 4.65. The summed E-state index contributed by atoms with van der Waals surface area (Å²) in [6, 6.07) is 9.41. The number of benzene rings is 1. The molecule has 8 nitrogen and oxygen atoms in total. The van der Waals surface area contributed by atoms with Crippen molar-refractivity contribution in [2.45, 2.75) is 38.4 Å². The van der Waals surface area contributed by atoms with E-state index in [9.17, 15) is 9.59 Å². The molecule has 0 spiro atoms. The second kappa shape index (κ2) is 7.53. The van der Waals surface area contributed by atoms with Gasteiger partial charge in [0.1, 0.15) is 6.26 Å². The third-order valence-electron chi connectivity index (χ3n) is 6.24. The van der Waals surface area contributed by atoms with Crippen molar-refractivity contribution in [1.82, 2.24) is 24.6 Å². The Balaban J connectivity index is 1.33. The summed E-state index contributed by atoms with van der Waals surface area (Å²) in [5.41, 5.74) is 2.57. The Bertz CT molecular complexity index is 1160. The summed E-state index contributed by atoms with van der Waals surface area (Å²) >= 11 is 6.32. The second-order valence-corrected chi connectivity index (χ2v) is 8.41. The molecule has 0 aliphatic carbocycles. The largest absolute Gasteiger partial charge is 0.444 e. The van der Waals surface area contributed by atoms with Crippen LogP contribution < -0.4 is 0 Å². The number of halogens is 1. The number of nitrogens with zero attached hydrogens (tertiary/aromatic N) is 5. The summed E-state index contributed by atoms with van der Waals surface area (Å²) in [5.74, 6) is 0.325. The minimum Gasteiger partial charge on any atom is -0.444 e. The molecule has 0 saturated carbocycles. The number of oxazole rings is 1. The van der Waals surface area contributed by atoms with Crippen LogP contribution in [0.25, 0.3) is 11.5 Å². The average Bonchev–Trinajstić information content (AvgIpc) is 3.52. The van der Waals surface area contributed by atoms with Crippen LogP contribution in [0.5, 0.6) is 0 Å². The molecule has 2 fully saturated rings. The Hall–Kier alpha value is -3.13. The number of aryl methyl sites for hydroxylation is 1. The molecule has 2 aromatic heterocycles. The van der Waals surface area contributed by atoms with Crippen molar-refractivity contribution < 1.29 is 14.0 Å². The number of rotatable bonds is 4. The van der Waals surface area contributed by atoms with Crippen molar-refractivity contribution in [3.63, 3.8) is 0 Å². The number of amides is 2. The number of fused-ring (bicyclic) bond motifs is 1. The highest BCUT2D eigenvalue weighted by molar-refractivity contribution is 6.34. The highest BCUT2D eigenvalue weighted by Crippen LogP contribution is 2.35. The van der Waals surface area contributed by atoms with Gasteiger partial charge in [-0.2, -0.15) is 5.10 Å². The Morgan fingerprint density at radius 3 is 2.74 bits per heavy atom. The molecule has 5 rings (SSSR count). The zero-order valence-electron chi connectivity index (χ0n) is 17.3. The first-order valence-corrected chi connectivity index (χ1v) is 10.6. The molecule has 160 valence electrons.